The van der Waals surface area contributed by atoms with Crippen LogP contribution in [-0.2, 0) is 6.54 Å². The van der Waals surface area contributed by atoms with Gasteiger partial charge in [0.05, 0.1) is 29.9 Å². The molecule has 5 rings (SSSR count). The highest BCUT2D eigenvalue weighted by Crippen LogP contribution is 2.24. The minimum absolute atomic E-state index is 0.228. The molecule has 1 aromatic carbocycles. The molecule has 1 N–H and O–H groups in total. The normalized spacial score (nSPS) is 11.2. The summed E-state index contributed by atoms with van der Waals surface area (Å²) in [7, 11) is 0. The van der Waals surface area contributed by atoms with E-state index < -0.39 is 0 Å². The maximum absolute atomic E-state index is 12.9. The largest absolute Gasteiger partial charge is 0.351 e. The van der Waals surface area contributed by atoms with E-state index in [9.17, 15) is 4.79 Å². The van der Waals surface area contributed by atoms with Crippen molar-refractivity contribution >= 4 is 11.4 Å². The SMILES string of the molecule is Cc1ccc(-n2nccc2-c2nc(C(=O)NCCCn3ccnc3)c3cnccn23)cc1. The number of imidazole rings is 2. The van der Waals surface area contributed by atoms with Gasteiger partial charge in [-0.1, -0.05) is 17.7 Å². The lowest BCUT2D eigenvalue weighted by atomic mass is 10.2. The summed E-state index contributed by atoms with van der Waals surface area (Å²) in [6.45, 7) is 3.36. The summed E-state index contributed by atoms with van der Waals surface area (Å²) >= 11 is 0. The van der Waals surface area contributed by atoms with E-state index in [2.05, 4.69) is 20.4 Å². The number of nitrogens with zero attached hydrogens (tertiary/aromatic N) is 7. The van der Waals surface area contributed by atoms with E-state index in [1.54, 1.807) is 37.3 Å². The van der Waals surface area contributed by atoms with Crippen LogP contribution >= 0.6 is 0 Å². The van der Waals surface area contributed by atoms with Crippen molar-refractivity contribution in [1.29, 1.82) is 0 Å². The summed E-state index contributed by atoms with van der Waals surface area (Å²) in [6, 6.07) is 9.99. The average Bonchev–Trinajstić information content (AvgIpc) is 3.56. The summed E-state index contributed by atoms with van der Waals surface area (Å²) in [5.41, 5.74) is 3.87. The molecule has 0 fully saturated rings. The summed E-state index contributed by atoms with van der Waals surface area (Å²) in [6.07, 6.45) is 13.1. The standard InChI is InChI=1S/C23H22N8O/c1-17-3-5-18(6-4-17)31-19(7-9-27-31)22-28-21(20-15-24-11-14-30(20)22)23(32)26-8-2-12-29-13-10-25-16-29/h3-7,9-11,13-16H,2,8,12H2,1H3,(H,26,32). The number of amides is 1. The first-order valence-corrected chi connectivity index (χ1v) is 10.4. The lowest BCUT2D eigenvalue weighted by Crippen LogP contribution is -2.25. The first-order valence-electron chi connectivity index (χ1n) is 10.4. The van der Waals surface area contributed by atoms with Crippen molar-refractivity contribution in [3.63, 3.8) is 0 Å². The van der Waals surface area contributed by atoms with Gasteiger partial charge < -0.3 is 9.88 Å². The van der Waals surface area contributed by atoms with Crippen LogP contribution in [-0.4, -0.2) is 46.2 Å². The molecule has 0 unspecified atom stereocenters. The molecule has 32 heavy (non-hydrogen) atoms. The number of aromatic nitrogens is 7. The molecular formula is C23H22N8O. The Balaban J connectivity index is 1.43. The lowest BCUT2D eigenvalue weighted by molar-refractivity contribution is 0.0950. The third-order valence-electron chi connectivity index (χ3n) is 5.25. The Morgan fingerprint density at radius 1 is 1.03 bits per heavy atom. The molecule has 0 saturated heterocycles. The van der Waals surface area contributed by atoms with E-state index in [1.807, 2.05) is 57.1 Å². The van der Waals surface area contributed by atoms with Crippen LogP contribution in [0.1, 0.15) is 22.5 Å². The first-order chi connectivity index (χ1) is 15.7. The van der Waals surface area contributed by atoms with Gasteiger partial charge in [0.2, 0.25) is 0 Å². The van der Waals surface area contributed by atoms with Gasteiger partial charge >= 0.3 is 0 Å². The molecule has 0 aliphatic heterocycles. The van der Waals surface area contributed by atoms with Crippen molar-refractivity contribution in [3.05, 3.63) is 85.1 Å². The molecule has 4 aromatic heterocycles. The fourth-order valence-corrected chi connectivity index (χ4v) is 3.62. The number of aryl methyl sites for hydroxylation is 2. The second-order valence-electron chi connectivity index (χ2n) is 7.49. The second kappa shape index (κ2) is 8.46. The third-order valence-corrected chi connectivity index (χ3v) is 5.25. The monoisotopic (exact) mass is 426 g/mol. The zero-order valence-electron chi connectivity index (χ0n) is 17.6. The minimum atomic E-state index is -0.228. The van der Waals surface area contributed by atoms with E-state index in [0.717, 1.165) is 24.3 Å². The molecule has 160 valence electrons. The molecule has 0 saturated carbocycles. The number of carbonyl (C=O) groups excluding carboxylic acids is 1. The lowest BCUT2D eigenvalue weighted by Gasteiger charge is -2.07. The van der Waals surface area contributed by atoms with Crippen LogP contribution in [0.25, 0.3) is 22.7 Å². The fraction of sp³-hybridized carbons (Fsp3) is 0.174. The van der Waals surface area contributed by atoms with Gasteiger partial charge in [0, 0.05) is 37.9 Å². The van der Waals surface area contributed by atoms with E-state index >= 15 is 0 Å². The Labute approximate surface area is 184 Å². The van der Waals surface area contributed by atoms with Crippen molar-refractivity contribution in [3.8, 4) is 17.2 Å². The molecule has 0 aliphatic carbocycles. The maximum Gasteiger partial charge on any atom is 0.272 e. The first kappa shape index (κ1) is 19.7. The molecule has 5 aromatic rings. The summed E-state index contributed by atoms with van der Waals surface area (Å²) < 4.78 is 5.67. The zero-order chi connectivity index (χ0) is 21.9. The highest BCUT2D eigenvalue weighted by molar-refractivity contribution is 5.99. The van der Waals surface area contributed by atoms with Gasteiger partial charge in [-0.25, -0.2) is 14.6 Å². The van der Waals surface area contributed by atoms with Crippen LogP contribution < -0.4 is 5.32 Å². The van der Waals surface area contributed by atoms with Crippen LogP contribution in [0.4, 0.5) is 0 Å². The topological polar surface area (TPSA) is 94.9 Å². The van der Waals surface area contributed by atoms with Crippen molar-refractivity contribution in [1.82, 2.24) is 39.0 Å². The van der Waals surface area contributed by atoms with Gasteiger partial charge in [0.1, 0.15) is 5.69 Å². The van der Waals surface area contributed by atoms with Crippen molar-refractivity contribution < 1.29 is 4.79 Å². The molecule has 1 amide bonds. The Morgan fingerprint density at radius 3 is 2.69 bits per heavy atom. The summed E-state index contributed by atoms with van der Waals surface area (Å²) in [5.74, 6) is 0.401. The summed E-state index contributed by atoms with van der Waals surface area (Å²) in [5, 5.41) is 7.44. The Morgan fingerprint density at radius 2 is 1.88 bits per heavy atom. The van der Waals surface area contributed by atoms with E-state index in [1.165, 1.54) is 5.56 Å². The second-order valence-corrected chi connectivity index (χ2v) is 7.49. The van der Waals surface area contributed by atoms with E-state index in [-0.39, 0.29) is 5.91 Å². The van der Waals surface area contributed by atoms with Crippen LogP contribution in [0.3, 0.4) is 0 Å². The predicted octanol–water partition coefficient (Wildman–Crippen LogP) is 2.91. The highest BCUT2D eigenvalue weighted by atomic mass is 16.1. The fourth-order valence-electron chi connectivity index (χ4n) is 3.62. The van der Waals surface area contributed by atoms with Gasteiger partial charge in [-0.2, -0.15) is 5.10 Å². The number of fused-ring (bicyclic) bond motifs is 1. The molecule has 4 heterocycles. The van der Waals surface area contributed by atoms with Gasteiger partial charge in [0.25, 0.3) is 5.91 Å². The molecule has 0 atom stereocenters. The molecule has 0 bridgehead atoms. The summed E-state index contributed by atoms with van der Waals surface area (Å²) in [4.78, 5) is 25.9. The van der Waals surface area contributed by atoms with Gasteiger partial charge in [0.15, 0.2) is 11.5 Å². The number of benzene rings is 1. The van der Waals surface area contributed by atoms with E-state index in [0.29, 0.717) is 23.6 Å². The van der Waals surface area contributed by atoms with Crippen molar-refractivity contribution in [2.24, 2.45) is 0 Å². The Bertz CT molecular complexity index is 1350. The number of hydrogen-bond donors (Lipinski definition) is 1. The molecule has 0 aliphatic rings. The van der Waals surface area contributed by atoms with E-state index in [4.69, 9.17) is 4.98 Å². The quantitative estimate of drug-likeness (QED) is 0.404. The van der Waals surface area contributed by atoms with Crippen molar-refractivity contribution in [2.75, 3.05) is 6.54 Å². The molecule has 9 heteroatoms. The number of rotatable bonds is 7. The maximum atomic E-state index is 12.9. The van der Waals surface area contributed by atoms with Crippen LogP contribution in [0.15, 0.2) is 73.8 Å². The number of nitrogens with one attached hydrogen (secondary N) is 1. The van der Waals surface area contributed by atoms with Gasteiger partial charge in [-0.05, 0) is 31.5 Å². The molecule has 0 spiro atoms. The van der Waals surface area contributed by atoms with Crippen LogP contribution in [0.2, 0.25) is 0 Å². The number of carbonyl (C=O) groups is 1. The van der Waals surface area contributed by atoms with Crippen LogP contribution in [0, 0.1) is 6.92 Å². The Hall–Kier alpha value is -4.27. The van der Waals surface area contributed by atoms with Crippen molar-refractivity contribution in [2.45, 2.75) is 19.9 Å². The Kier molecular flexibility index (Phi) is 5.20. The zero-order valence-corrected chi connectivity index (χ0v) is 17.6. The molecular weight excluding hydrogens is 404 g/mol. The third kappa shape index (κ3) is 3.76. The van der Waals surface area contributed by atoms with Crippen LogP contribution in [0.5, 0.6) is 0 Å². The van der Waals surface area contributed by atoms with Gasteiger partial charge in [-0.15, -0.1) is 0 Å². The molecule has 0 radical (unpaired) electrons. The average molecular weight is 426 g/mol. The molecule has 9 nitrogen and oxygen atoms in total. The minimum Gasteiger partial charge on any atom is -0.351 e. The highest BCUT2D eigenvalue weighted by Gasteiger charge is 2.21. The van der Waals surface area contributed by atoms with Gasteiger partial charge in [-0.3, -0.25) is 14.2 Å². The smallest absolute Gasteiger partial charge is 0.272 e. The predicted molar refractivity (Wildman–Crippen MR) is 119 cm³/mol. The number of hydrogen-bond acceptors (Lipinski definition) is 5.